The van der Waals surface area contributed by atoms with Crippen molar-refractivity contribution < 1.29 is 14.3 Å². The van der Waals surface area contributed by atoms with Gasteiger partial charge in [-0.15, -0.1) is 0 Å². The topological polar surface area (TPSA) is 58.6 Å². The second kappa shape index (κ2) is 7.98. The molecule has 7 heteroatoms. The van der Waals surface area contributed by atoms with Crippen LogP contribution in [0.5, 0.6) is 5.75 Å². The number of amides is 2. The molecule has 136 valence electrons. The summed E-state index contributed by atoms with van der Waals surface area (Å²) in [5.74, 6) is -0.153. The molecular weight excluding hydrogens is 375 g/mol. The number of halogens is 2. The Kier molecular flexibility index (Phi) is 5.69. The Morgan fingerprint density at radius 1 is 1.23 bits per heavy atom. The van der Waals surface area contributed by atoms with E-state index in [-0.39, 0.29) is 18.2 Å². The van der Waals surface area contributed by atoms with E-state index in [1.165, 1.54) is 0 Å². The first-order valence-corrected chi connectivity index (χ1v) is 9.03. The molecule has 2 aromatic carbocycles. The van der Waals surface area contributed by atoms with Crippen molar-refractivity contribution in [1.29, 1.82) is 0 Å². The van der Waals surface area contributed by atoms with E-state index in [0.29, 0.717) is 40.3 Å². The summed E-state index contributed by atoms with van der Waals surface area (Å²) in [5.41, 5.74) is 1.23. The molecule has 1 N–H and O–H groups in total. The maximum atomic E-state index is 12.5. The first-order valence-electron chi connectivity index (χ1n) is 8.27. The highest BCUT2D eigenvalue weighted by atomic mass is 35.5. The summed E-state index contributed by atoms with van der Waals surface area (Å²) in [6.07, 6.45) is 0.146. The van der Waals surface area contributed by atoms with E-state index in [4.69, 9.17) is 27.9 Å². The van der Waals surface area contributed by atoms with Crippen LogP contribution in [0.15, 0.2) is 42.5 Å². The van der Waals surface area contributed by atoms with E-state index in [0.717, 1.165) is 0 Å². The molecule has 1 aliphatic rings. The molecule has 1 atom stereocenters. The Labute approximate surface area is 161 Å². The molecule has 0 saturated carbocycles. The van der Waals surface area contributed by atoms with Crippen LogP contribution in [0, 0.1) is 5.92 Å². The molecular formula is C19H18Cl2N2O3. The van der Waals surface area contributed by atoms with Gasteiger partial charge in [-0.2, -0.15) is 0 Å². The van der Waals surface area contributed by atoms with Gasteiger partial charge in [-0.25, -0.2) is 0 Å². The number of benzene rings is 2. The van der Waals surface area contributed by atoms with Crippen LogP contribution < -0.4 is 15.0 Å². The zero-order valence-electron chi connectivity index (χ0n) is 14.2. The van der Waals surface area contributed by atoms with Gasteiger partial charge in [-0.3, -0.25) is 9.59 Å². The predicted octanol–water partition coefficient (Wildman–Crippen LogP) is 4.38. The van der Waals surface area contributed by atoms with Gasteiger partial charge in [-0.05, 0) is 37.3 Å². The number of para-hydroxylation sites is 2. The largest absolute Gasteiger partial charge is 0.492 e. The third kappa shape index (κ3) is 3.94. The summed E-state index contributed by atoms with van der Waals surface area (Å²) in [5, 5.41) is 3.57. The van der Waals surface area contributed by atoms with Gasteiger partial charge in [0.05, 0.1) is 28.3 Å². The minimum absolute atomic E-state index is 0.105. The monoisotopic (exact) mass is 392 g/mol. The summed E-state index contributed by atoms with van der Waals surface area (Å²) in [6, 6.07) is 12.2. The molecule has 2 amide bonds. The molecule has 0 unspecified atom stereocenters. The van der Waals surface area contributed by atoms with Crippen LogP contribution in [0.25, 0.3) is 0 Å². The van der Waals surface area contributed by atoms with Crippen LogP contribution in [0.3, 0.4) is 0 Å². The fourth-order valence-corrected chi connectivity index (χ4v) is 3.19. The molecule has 0 radical (unpaired) electrons. The second-order valence-electron chi connectivity index (χ2n) is 5.92. The molecule has 1 saturated heterocycles. The van der Waals surface area contributed by atoms with Crippen LogP contribution in [-0.4, -0.2) is 25.0 Å². The van der Waals surface area contributed by atoms with Crippen LogP contribution in [0.2, 0.25) is 10.0 Å². The smallest absolute Gasteiger partial charge is 0.229 e. The average molecular weight is 393 g/mol. The molecule has 0 spiro atoms. The molecule has 3 rings (SSSR count). The van der Waals surface area contributed by atoms with Gasteiger partial charge in [0.1, 0.15) is 5.75 Å². The van der Waals surface area contributed by atoms with E-state index in [2.05, 4.69) is 5.32 Å². The van der Waals surface area contributed by atoms with Gasteiger partial charge in [0.25, 0.3) is 0 Å². The normalized spacial score (nSPS) is 16.7. The van der Waals surface area contributed by atoms with Gasteiger partial charge in [0.2, 0.25) is 11.8 Å². The van der Waals surface area contributed by atoms with Crippen molar-refractivity contribution in [2.75, 3.05) is 23.4 Å². The number of nitrogens with one attached hydrogen (secondary N) is 1. The summed E-state index contributed by atoms with van der Waals surface area (Å²) in [4.78, 5) is 26.6. The van der Waals surface area contributed by atoms with Gasteiger partial charge < -0.3 is 15.0 Å². The lowest BCUT2D eigenvalue weighted by Gasteiger charge is -2.20. The Hall–Kier alpha value is -2.24. The van der Waals surface area contributed by atoms with Crippen LogP contribution in [-0.2, 0) is 9.59 Å². The fourth-order valence-electron chi connectivity index (χ4n) is 2.89. The molecule has 1 heterocycles. The first-order chi connectivity index (χ1) is 12.5. The highest BCUT2D eigenvalue weighted by Crippen LogP contribution is 2.33. The Morgan fingerprint density at radius 2 is 2.00 bits per heavy atom. The van der Waals surface area contributed by atoms with Crippen molar-refractivity contribution in [2.45, 2.75) is 13.3 Å². The van der Waals surface area contributed by atoms with Crippen LogP contribution >= 0.6 is 23.2 Å². The first kappa shape index (κ1) is 18.5. The minimum atomic E-state index is -0.452. The zero-order valence-corrected chi connectivity index (χ0v) is 15.7. The zero-order chi connectivity index (χ0) is 18.7. The summed E-state index contributed by atoms with van der Waals surface area (Å²) in [6.45, 7) is 2.69. The highest BCUT2D eigenvalue weighted by Gasteiger charge is 2.36. The quantitative estimate of drug-likeness (QED) is 0.820. The van der Waals surface area contributed by atoms with Crippen molar-refractivity contribution in [3.8, 4) is 5.75 Å². The number of carbonyl (C=O) groups is 2. The lowest BCUT2D eigenvalue weighted by Crippen LogP contribution is -2.28. The molecule has 0 aromatic heterocycles. The van der Waals surface area contributed by atoms with Crippen LogP contribution in [0.1, 0.15) is 13.3 Å². The van der Waals surface area contributed by atoms with E-state index >= 15 is 0 Å². The Balaban J connectivity index is 1.73. The maximum Gasteiger partial charge on any atom is 0.229 e. The van der Waals surface area contributed by atoms with Gasteiger partial charge in [0, 0.05) is 18.7 Å². The van der Waals surface area contributed by atoms with Crippen molar-refractivity contribution >= 4 is 46.4 Å². The van der Waals surface area contributed by atoms with E-state index in [1.54, 1.807) is 23.1 Å². The van der Waals surface area contributed by atoms with Crippen molar-refractivity contribution in [3.63, 3.8) is 0 Å². The summed E-state index contributed by atoms with van der Waals surface area (Å²) in [7, 11) is 0. The molecule has 0 bridgehead atoms. The van der Waals surface area contributed by atoms with E-state index in [1.807, 2.05) is 31.2 Å². The lowest BCUT2D eigenvalue weighted by molar-refractivity contribution is -0.122. The van der Waals surface area contributed by atoms with Gasteiger partial charge in [-0.1, -0.05) is 35.3 Å². The SMILES string of the molecule is CCOc1ccccc1N1C[C@@H](C(=O)Nc2ccc(Cl)c(Cl)c2)CC1=O. The minimum Gasteiger partial charge on any atom is -0.492 e. The van der Waals surface area contributed by atoms with Crippen molar-refractivity contribution in [1.82, 2.24) is 0 Å². The standard InChI is InChI=1S/C19H18Cl2N2O3/c1-2-26-17-6-4-3-5-16(17)23-11-12(9-18(23)24)19(25)22-13-7-8-14(20)15(21)10-13/h3-8,10,12H,2,9,11H2,1H3,(H,22,25)/t12-/m0/s1. The van der Waals surface area contributed by atoms with Crippen molar-refractivity contribution in [3.05, 3.63) is 52.5 Å². The molecule has 2 aromatic rings. The Bertz CT molecular complexity index is 841. The second-order valence-corrected chi connectivity index (χ2v) is 6.74. The Morgan fingerprint density at radius 3 is 2.73 bits per heavy atom. The van der Waals surface area contributed by atoms with E-state index < -0.39 is 5.92 Å². The summed E-state index contributed by atoms with van der Waals surface area (Å²) < 4.78 is 5.59. The number of nitrogens with zero attached hydrogens (tertiary/aromatic N) is 1. The molecule has 0 aliphatic carbocycles. The number of carbonyl (C=O) groups excluding carboxylic acids is 2. The molecule has 5 nitrogen and oxygen atoms in total. The average Bonchev–Trinajstić information content (AvgIpc) is 3.01. The predicted molar refractivity (Wildman–Crippen MR) is 103 cm³/mol. The highest BCUT2D eigenvalue weighted by molar-refractivity contribution is 6.42. The fraction of sp³-hybridized carbons (Fsp3) is 0.263. The number of anilines is 2. The number of hydrogen-bond acceptors (Lipinski definition) is 3. The van der Waals surface area contributed by atoms with E-state index in [9.17, 15) is 9.59 Å². The lowest BCUT2D eigenvalue weighted by atomic mass is 10.1. The molecule has 1 aliphatic heterocycles. The number of rotatable bonds is 5. The van der Waals surface area contributed by atoms with Gasteiger partial charge in [0.15, 0.2) is 0 Å². The molecule has 26 heavy (non-hydrogen) atoms. The van der Waals surface area contributed by atoms with Crippen molar-refractivity contribution in [2.24, 2.45) is 5.92 Å². The van der Waals surface area contributed by atoms with Gasteiger partial charge >= 0.3 is 0 Å². The number of ether oxygens (including phenoxy) is 1. The number of hydrogen-bond donors (Lipinski definition) is 1. The summed E-state index contributed by atoms with van der Waals surface area (Å²) >= 11 is 11.9. The van der Waals surface area contributed by atoms with Crippen LogP contribution in [0.4, 0.5) is 11.4 Å². The molecule has 1 fully saturated rings. The third-order valence-corrected chi connectivity index (χ3v) is 4.88. The third-order valence-electron chi connectivity index (χ3n) is 4.14. The maximum absolute atomic E-state index is 12.5.